The predicted octanol–water partition coefficient (Wildman–Crippen LogP) is 2.05. The minimum Gasteiger partial charge on any atom is -0.344 e. The van der Waals surface area contributed by atoms with Crippen LogP contribution in [0.15, 0.2) is 18.2 Å². The van der Waals surface area contributed by atoms with Gasteiger partial charge in [0, 0.05) is 24.8 Å². The molecule has 1 aromatic carbocycles. The van der Waals surface area contributed by atoms with E-state index >= 15 is 0 Å². The molecule has 1 aromatic rings. The summed E-state index contributed by atoms with van der Waals surface area (Å²) in [4.78, 5) is 4.12. The number of anilines is 1. The molecule has 1 N–H and O–H groups in total. The molecule has 2 rings (SSSR count). The number of aryl methyl sites for hydroxylation is 2. The van der Waals surface area contributed by atoms with Crippen LogP contribution >= 0.6 is 12.2 Å². The predicted molar refractivity (Wildman–Crippen MR) is 104 cm³/mol. The van der Waals surface area contributed by atoms with Crippen LogP contribution in [0.2, 0.25) is 0 Å². The van der Waals surface area contributed by atoms with Gasteiger partial charge < -0.3 is 15.1 Å². The number of nitrogens with one attached hydrogen (secondary N) is 1. The molecular weight excluding hydrogens is 342 g/mol. The minimum absolute atomic E-state index is 0.0409. The van der Waals surface area contributed by atoms with Gasteiger partial charge in [-0.2, -0.15) is 0 Å². The maximum absolute atomic E-state index is 11.9. The van der Waals surface area contributed by atoms with Crippen molar-refractivity contribution in [2.45, 2.75) is 26.3 Å². The first-order chi connectivity index (χ1) is 11.2. The normalized spacial score (nSPS) is 19.5. The van der Waals surface area contributed by atoms with Gasteiger partial charge in [-0.3, -0.25) is 0 Å². The highest BCUT2D eigenvalue weighted by atomic mass is 32.2. The molecule has 1 fully saturated rings. The van der Waals surface area contributed by atoms with Crippen molar-refractivity contribution in [2.75, 3.05) is 44.0 Å². The summed E-state index contributed by atoms with van der Waals surface area (Å²) in [5, 5.41) is 3.90. The molecule has 0 radical (unpaired) electrons. The van der Waals surface area contributed by atoms with Gasteiger partial charge in [-0.15, -0.1) is 0 Å². The quantitative estimate of drug-likeness (QED) is 0.802. The number of nitrogens with zero attached hydrogens (tertiary/aromatic N) is 2. The Hall–Kier alpha value is -1.18. The van der Waals surface area contributed by atoms with Gasteiger partial charge in [0.05, 0.1) is 11.5 Å². The van der Waals surface area contributed by atoms with Crippen LogP contribution in [0.3, 0.4) is 0 Å². The lowest BCUT2D eigenvalue weighted by atomic mass is 10.1. The maximum Gasteiger partial charge on any atom is 0.173 e. The second kappa shape index (κ2) is 7.80. The molecular formula is C17H27N3O2S2. The maximum atomic E-state index is 11.9. The van der Waals surface area contributed by atoms with E-state index in [1.54, 1.807) is 0 Å². The van der Waals surface area contributed by atoms with Crippen LogP contribution in [-0.4, -0.2) is 68.1 Å². The van der Waals surface area contributed by atoms with Gasteiger partial charge in [-0.05, 0) is 69.8 Å². The molecule has 0 amide bonds. The van der Waals surface area contributed by atoms with E-state index < -0.39 is 9.84 Å². The van der Waals surface area contributed by atoms with Crippen LogP contribution in [0.5, 0.6) is 0 Å². The van der Waals surface area contributed by atoms with Gasteiger partial charge in [-0.25, -0.2) is 8.42 Å². The van der Waals surface area contributed by atoms with Crippen LogP contribution in [0.1, 0.15) is 17.5 Å². The third kappa shape index (κ3) is 5.43. The second-order valence-electron chi connectivity index (χ2n) is 6.86. The zero-order chi connectivity index (χ0) is 17.9. The highest BCUT2D eigenvalue weighted by molar-refractivity contribution is 7.91. The Bertz CT molecular complexity index is 682. The van der Waals surface area contributed by atoms with E-state index in [0.717, 1.165) is 12.2 Å². The van der Waals surface area contributed by atoms with E-state index in [0.29, 0.717) is 18.1 Å². The fraction of sp³-hybridized carbons (Fsp3) is 0.588. The third-order valence-electron chi connectivity index (χ3n) is 4.17. The van der Waals surface area contributed by atoms with Crippen molar-refractivity contribution in [1.29, 1.82) is 0 Å². The van der Waals surface area contributed by atoms with Crippen LogP contribution in [0.4, 0.5) is 5.69 Å². The van der Waals surface area contributed by atoms with Crippen molar-refractivity contribution < 1.29 is 8.42 Å². The number of rotatable bonds is 5. The van der Waals surface area contributed by atoms with Gasteiger partial charge in [0.1, 0.15) is 0 Å². The average Bonchev–Trinajstić information content (AvgIpc) is 2.77. The number of thiocarbonyl (C=S) groups is 1. The molecule has 0 aliphatic carbocycles. The largest absolute Gasteiger partial charge is 0.344 e. The molecule has 1 aliphatic rings. The molecule has 0 saturated carbocycles. The van der Waals surface area contributed by atoms with Crippen LogP contribution in [0, 0.1) is 13.8 Å². The molecule has 5 nitrogen and oxygen atoms in total. The SMILES string of the molecule is Cc1cc(C)cc(NC(=S)N(CCN(C)C)[C@H]2CCS(=O)(=O)C2)c1. The Morgan fingerprint density at radius 2 is 1.83 bits per heavy atom. The van der Waals surface area contributed by atoms with E-state index in [2.05, 4.69) is 42.3 Å². The van der Waals surface area contributed by atoms with Gasteiger partial charge in [-0.1, -0.05) is 6.07 Å². The summed E-state index contributed by atoms with van der Waals surface area (Å²) in [6.45, 7) is 5.64. The summed E-state index contributed by atoms with van der Waals surface area (Å²) < 4.78 is 23.7. The van der Waals surface area contributed by atoms with Crippen molar-refractivity contribution >= 4 is 32.9 Å². The second-order valence-corrected chi connectivity index (χ2v) is 9.48. The average molecular weight is 370 g/mol. The Balaban J connectivity index is 2.14. The lowest BCUT2D eigenvalue weighted by Crippen LogP contribution is -2.46. The summed E-state index contributed by atoms with van der Waals surface area (Å²) in [6.07, 6.45) is 0.643. The molecule has 1 saturated heterocycles. The Morgan fingerprint density at radius 1 is 1.21 bits per heavy atom. The highest BCUT2D eigenvalue weighted by Gasteiger charge is 2.33. The standard InChI is InChI=1S/C17H27N3O2S2/c1-13-9-14(2)11-15(10-13)18-17(23)20(7-6-19(3)4)16-5-8-24(21,22)12-16/h9-11,16H,5-8,12H2,1-4H3,(H,18,23)/t16-/m0/s1. The topological polar surface area (TPSA) is 52.6 Å². The van der Waals surface area contributed by atoms with Gasteiger partial charge in [0.25, 0.3) is 0 Å². The minimum atomic E-state index is -2.94. The molecule has 7 heteroatoms. The Morgan fingerprint density at radius 3 is 2.33 bits per heavy atom. The molecule has 0 aromatic heterocycles. The van der Waals surface area contributed by atoms with E-state index in [1.807, 2.05) is 19.0 Å². The summed E-state index contributed by atoms with van der Waals surface area (Å²) in [7, 11) is 1.07. The van der Waals surface area contributed by atoms with Crippen LogP contribution in [-0.2, 0) is 9.84 Å². The zero-order valence-corrected chi connectivity index (χ0v) is 16.5. The Labute approximate surface area is 150 Å². The van der Waals surface area contributed by atoms with Crippen LogP contribution in [0.25, 0.3) is 0 Å². The first-order valence-electron chi connectivity index (χ1n) is 8.17. The summed E-state index contributed by atoms with van der Waals surface area (Å²) >= 11 is 5.61. The number of likely N-dealkylation sites (N-methyl/N-ethyl adjacent to an activating group) is 1. The highest BCUT2D eigenvalue weighted by Crippen LogP contribution is 2.20. The van der Waals surface area contributed by atoms with Gasteiger partial charge in [0.15, 0.2) is 14.9 Å². The summed E-state index contributed by atoms with van der Waals surface area (Å²) in [5.74, 6) is 0.442. The van der Waals surface area contributed by atoms with Gasteiger partial charge in [0.2, 0.25) is 0 Å². The molecule has 1 aliphatic heterocycles. The molecule has 24 heavy (non-hydrogen) atoms. The fourth-order valence-corrected chi connectivity index (χ4v) is 5.11. The van der Waals surface area contributed by atoms with E-state index in [1.165, 1.54) is 11.1 Å². The van der Waals surface area contributed by atoms with E-state index in [-0.39, 0.29) is 17.5 Å². The summed E-state index contributed by atoms with van der Waals surface area (Å²) in [5.41, 5.74) is 3.29. The van der Waals surface area contributed by atoms with E-state index in [9.17, 15) is 8.42 Å². The number of hydrogen-bond acceptors (Lipinski definition) is 4. The first kappa shape index (κ1) is 19.1. The van der Waals surface area contributed by atoms with Crippen molar-refractivity contribution in [3.8, 4) is 0 Å². The molecule has 1 heterocycles. The third-order valence-corrected chi connectivity index (χ3v) is 6.26. The molecule has 1 atom stereocenters. The number of benzene rings is 1. The monoisotopic (exact) mass is 369 g/mol. The zero-order valence-electron chi connectivity index (χ0n) is 14.9. The molecule has 0 spiro atoms. The fourth-order valence-electron chi connectivity index (χ4n) is 3.02. The van der Waals surface area contributed by atoms with E-state index in [4.69, 9.17) is 12.2 Å². The molecule has 134 valence electrons. The van der Waals surface area contributed by atoms with Crippen molar-refractivity contribution in [1.82, 2.24) is 9.80 Å². The van der Waals surface area contributed by atoms with Crippen molar-refractivity contribution in [3.63, 3.8) is 0 Å². The lowest BCUT2D eigenvalue weighted by molar-refractivity contribution is 0.289. The first-order valence-corrected chi connectivity index (χ1v) is 10.4. The van der Waals surface area contributed by atoms with Crippen molar-refractivity contribution in [2.24, 2.45) is 0 Å². The van der Waals surface area contributed by atoms with Crippen molar-refractivity contribution in [3.05, 3.63) is 29.3 Å². The number of hydrogen-bond donors (Lipinski definition) is 1. The lowest BCUT2D eigenvalue weighted by Gasteiger charge is -2.32. The molecule has 0 unspecified atom stereocenters. The number of sulfone groups is 1. The molecule has 0 bridgehead atoms. The van der Waals surface area contributed by atoms with Crippen LogP contribution < -0.4 is 5.32 Å². The summed E-state index contributed by atoms with van der Waals surface area (Å²) in [6, 6.07) is 6.17. The smallest absolute Gasteiger partial charge is 0.173 e. The van der Waals surface area contributed by atoms with Gasteiger partial charge >= 0.3 is 0 Å². The Kier molecular flexibility index (Phi) is 6.22.